The second kappa shape index (κ2) is 25.4. The van der Waals surface area contributed by atoms with Crippen LogP contribution in [0.15, 0.2) is 156 Å². The molecule has 6 amide bonds. The summed E-state index contributed by atoms with van der Waals surface area (Å²) >= 11 is 3.51. The fourth-order valence-corrected chi connectivity index (χ4v) is 10.5. The zero-order valence-corrected chi connectivity index (χ0v) is 46.6. The van der Waals surface area contributed by atoms with Gasteiger partial charge in [-0.15, -0.1) is 0 Å². The number of fused-ring (bicyclic) bond motifs is 7. The van der Waals surface area contributed by atoms with Crippen molar-refractivity contribution in [3.05, 3.63) is 190 Å². The average molecular weight is 1180 g/mol. The molecule has 0 bridgehead atoms. The van der Waals surface area contributed by atoms with Crippen molar-refractivity contribution in [2.24, 2.45) is 5.73 Å². The Labute approximate surface area is 480 Å². The molecule has 6 aromatic carbocycles. The molecule has 0 radical (unpaired) electrons. The van der Waals surface area contributed by atoms with Crippen molar-refractivity contribution in [1.29, 1.82) is 0 Å². The minimum absolute atomic E-state index is 0.0539. The first-order valence-electron chi connectivity index (χ1n) is 26.5. The molecule has 0 spiro atoms. The lowest BCUT2D eigenvalue weighted by Crippen LogP contribution is -2.58. The minimum Gasteiger partial charge on any atom is -0.463 e. The van der Waals surface area contributed by atoms with Crippen LogP contribution in [0, 0.1) is 0 Å². The van der Waals surface area contributed by atoms with Crippen LogP contribution in [0.2, 0.25) is 0 Å². The van der Waals surface area contributed by atoms with E-state index in [0.717, 1.165) is 59.9 Å². The highest BCUT2D eigenvalue weighted by molar-refractivity contribution is 9.10. The molecule has 0 aliphatic heterocycles. The first-order valence-corrected chi connectivity index (χ1v) is 27.3. The number of benzene rings is 6. The van der Waals surface area contributed by atoms with Crippen LogP contribution in [0.4, 0.5) is 9.59 Å². The van der Waals surface area contributed by atoms with E-state index >= 15 is 0 Å². The van der Waals surface area contributed by atoms with Crippen molar-refractivity contribution in [3.63, 3.8) is 0 Å². The Morgan fingerprint density at radius 2 is 1.12 bits per heavy atom. The van der Waals surface area contributed by atoms with E-state index in [1.54, 1.807) is 45.2 Å². The SMILES string of the molecule is CC(C)(C)OC(=O)N[C@H](CNC(=O)OCC1c2ccccc2-c2ccccc21)C(=O)N[C@@H](CC(N)=O)C(=O)NC[C@@H](OC(=O)c1ccccc1)C(=O)N[C@@H](Cc1c[nH]c2ccc(Br)cc12)C(=O)OCC1c2ccccc2-c2ccccc21. The van der Waals surface area contributed by atoms with E-state index < -0.39 is 97.1 Å². The molecule has 7 aromatic rings. The number of esters is 2. The van der Waals surface area contributed by atoms with E-state index in [4.69, 9.17) is 24.7 Å². The third-order valence-corrected chi connectivity index (χ3v) is 14.5. The van der Waals surface area contributed by atoms with Gasteiger partial charge in [-0.2, -0.15) is 0 Å². The van der Waals surface area contributed by atoms with Gasteiger partial charge >= 0.3 is 24.1 Å². The first kappa shape index (κ1) is 57.4. The number of halogens is 1. The molecule has 0 unspecified atom stereocenters. The fourth-order valence-electron chi connectivity index (χ4n) is 10.2. The van der Waals surface area contributed by atoms with Crippen LogP contribution in [0.1, 0.15) is 77.2 Å². The first-order chi connectivity index (χ1) is 39.4. The molecule has 0 saturated carbocycles. The van der Waals surface area contributed by atoms with E-state index in [9.17, 15) is 38.4 Å². The summed E-state index contributed by atoms with van der Waals surface area (Å²) in [5, 5.41) is 13.3. The summed E-state index contributed by atoms with van der Waals surface area (Å²) in [6, 6.07) is 39.7. The largest absolute Gasteiger partial charge is 0.463 e. The Hall–Kier alpha value is -9.30. The number of rotatable bonds is 21. The number of hydrogen-bond donors (Lipinski definition) is 7. The topological polar surface area (TPSA) is 275 Å². The number of alkyl carbamates (subject to hydrolysis) is 2. The quantitative estimate of drug-likeness (QED) is 0.0273. The molecule has 8 N–H and O–H groups in total. The number of primary amides is 1. The van der Waals surface area contributed by atoms with Crippen LogP contribution in [0.3, 0.4) is 0 Å². The normalized spacial score (nSPS) is 13.8. The van der Waals surface area contributed by atoms with Crippen LogP contribution in [0.5, 0.6) is 0 Å². The van der Waals surface area contributed by atoms with Gasteiger partial charge in [-0.1, -0.05) is 131 Å². The van der Waals surface area contributed by atoms with Gasteiger partial charge < -0.3 is 56.2 Å². The Bertz CT molecular complexity index is 3470. The zero-order chi connectivity index (χ0) is 58.1. The summed E-state index contributed by atoms with van der Waals surface area (Å²) in [5.41, 5.74) is 13.9. The van der Waals surface area contributed by atoms with Gasteiger partial charge in [0, 0.05) is 39.8 Å². The lowest BCUT2D eigenvalue weighted by molar-refractivity contribution is -0.149. The molecule has 4 atom stereocenters. The van der Waals surface area contributed by atoms with E-state index in [0.29, 0.717) is 5.56 Å². The standard InChI is InChI=1S/C62H60BrN7O12/c1-62(2,3)82-61(78)70-52(31-67-60(77)80-34-48-44-23-13-9-19-40(44)41-20-10-14-24-45(41)48)56(73)68-50(29-54(64)71)55(72)66-32-53(81-58(75)35-15-5-4-6-16-35)57(74)69-51(27-36-30-65-49-26-25-37(63)28-46(36)49)59(76)79-33-47-42-21-11-7-17-38(42)39-18-8-12-22-43(39)47/h4-26,28,30,47-48,50-53,65H,27,29,31-34H2,1-3H3,(H2,64,71)(H,66,72)(H,67,77)(H,68,73)(H,69,74)(H,70,78)/t50-,51-,52+,53+/m0/s1. The van der Waals surface area contributed by atoms with Crippen molar-refractivity contribution >= 4 is 74.6 Å². The monoisotopic (exact) mass is 1170 g/mol. The third kappa shape index (κ3) is 13.8. The summed E-state index contributed by atoms with van der Waals surface area (Å²) < 4.78 is 23.6. The zero-order valence-electron chi connectivity index (χ0n) is 45.0. The average Bonchev–Trinajstić information content (AvgIpc) is 4.35. The summed E-state index contributed by atoms with van der Waals surface area (Å²) in [6.45, 7) is 3.32. The Morgan fingerprint density at radius 3 is 1.68 bits per heavy atom. The summed E-state index contributed by atoms with van der Waals surface area (Å²) in [4.78, 5) is 113. The van der Waals surface area contributed by atoms with Crippen molar-refractivity contribution in [2.75, 3.05) is 26.3 Å². The maximum absolute atomic E-state index is 14.6. The molecular formula is C62H60BrN7O12. The highest BCUT2D eigenvalue weighted by Crippen LogP contribution is 2.46. The van der Waals surface area contributed by atoms with Crippen LogP contribution >= 0.6 is 15.9 Å². The number of carbonyl (C=O) groups excluding carboxylic acids is 8. The third-order valence-electron chi connectivity index (χ3n) is 14.0. The Morgan fingerprint density at radius 1 is 0.585 bits per heavy atom. The highest BCUT2D eigenvalue weighted by atomic mass is 79.9. The molecule has 82 heavy (non-hydrogen) atoms. The van der Waals surface area contributed by atoms with E-state index in [1.807, 2.05) is 115 Å². The van der Waals surface area contributed by atoms with Crippen molar-refractivity contribution < 1.29 is 57.3 Å². The van der Waals surface area contributed by atoms with E-state index in [-0.39, 0.29) is 37.0 Å². The van der Waals surface area contributed by atoms with Crippen molar-refractivity contribution in [3.8, 4) is 22.3 Å². The smallest absolute Gasteiger partial charge is 0.408 e. The number of hydrogen-bond acceptors (Lipinski definition) is 12. The van der Waals surface area contributed by atoms with E-state index in [2.05, 4.69) is 47.5 Å². The predicted molar refractivity (Wildman–Crippen MR) is 307 cm³/mol. The molecule has 9 rings (SSSR count). The summed E-state index contributed by atoms with van der Waals surface area (Å²) in [5.74, 6) is -6.55. The maximum atomic E-state index is 14.6. The number of nitrogens with one attached hydrogen (secondary N) is 6. The molecule has 0 saturated heterocycles. The number of H-pyrrole nitrogens is 1. The summed E-state index contributed by atoms with van der Waals surface area (Å²) in [6.07, 6.45) is -3.00. The van der Waals surface area contributed by atoms with Gasteiger partial charge in [0.25, 0.3) is 5.91 Å². The summed E-state index contributed by atoms with van der Waals surface area (Å²) in [7, 11) is 0. The maximum Gasteiger partial charge on any atom is 0.408 e. The van der Waals surface area contributed by atoms with Gasteiger partial charge in [0.2, 0.25) is 17.7 Å². The number of nitrogens with two attached hydrogens (primary N) is 1. The van der Waals surface area contributed by atoms with E-state index in [1.165, 1.54) is 12.1 Å². The number of ether oxygens (including phenoxy) is 4. The second-order valence-corrected chi connectivity index (χ2v) is 21.7. The molecule has 1 aromatic heterocycles. The van der Waals surface area contributed by atoms with Gasteiger partial charge in [-0.05, 0) is 101 Å². The lowest BCUT2D eigenvalue weighted by Gasteiger charge is -2.26. The molecule has 2 aliphatic rings. The van der Waals surface area contributed by atoms with Crippen LogP contribution < -0.4 is 32.3 Å². The van der Waals surface area contributed by atoms with Gasteiger partial charge in [0.05, 0.1) is 25.1 Å². The number of carbonyl (C=O) groups is 8. The Kier molecular flexibility index (Phi) is 17.8. The molecular weight excluding hydrogens is 1110 g/mol. The molecule has 1 heterocycles. The molecule has 20 heteroatoms. The van der Waals surface area contributed by atoms with Crippen molar-refractivity contribution in [2.45, 2.75) is 75.3 Å². The van der Waals surface area contributed by atoms with Gasteiger partial charge in [-0.3, -0.25) is 19.2 Å². The highest BCUT2D eigenvalue weighted by Gasteiger charge is 2.36. The molecule has 0 fully saturated rings. The van der Waals surface area contributed by atoms with Gasteiger partial charge in [0.1, 0.15) is 36.9 Å². The lowest BCUT2D eigenvalue weighted by atomic mass is 9.98. The fraction of sp³-hybridized carbons (Fsp3) is 0.258. The van der Waals surface area contributed by atoms with Gasteiger partial charge in [-0.25, -0.2) is 19.2 Å². The molecule has 19 nitrogen and oxygen atoms in total. The number of aromatic nitrogens is 1. The molecule has 2 aliphatic carbocycles. The van der Waals surface area contributed by atoms with Crippen LogP contribution in [0.25, 0.3) is 33.2 Å². The predicted octanol–water partition coefficient (Wildman–Crippen LogP) is 7.45. The molecule has 422 valence electrons. The Balaban J connectivity index is 0.913. The minimum atomic E-state index is -1.84. The second-order valence-electron chi connectivity index (χ2n) is 20.8. The van der Waals surface area contributed by atoms with Gasteiger partial charge in [0.15, 0.2) is 6.10 Å². The van der Waals surface area contributed by atoms with Crippen LogP contribution in [-0.4, -0.2) is 109 Å². The number of aromatic amines is 1. The van der Waals surface area contributed by atoms with Crippen molar-refractivity contribution in [1.82, 2.24) is 31.6 Å². The van der Waals surface area contributed by atoms with Crippen LogP contribution in [-0.2, 0) is 49.3 Å². The number of amides is 6.